The van der Waals surface area contributed by atoms with E-state index in [2.05, 4.69) is 29.1 Å². The van der Waals surface area contributed by atoms with E-state index in [9.17, 15) is 0 Å². The fraction of sp³-hybridized carbons (Fsp3) is 0.556. The molecular weight excluding hydrogens is 164 g/mol. The Morgan fingerprint density at radius 3 is 2.77 bits per heavy atom. The number of hydrogen-bond donors (Lipinski definition) is 2. The molecular formula is C9H16N4. The quantitative estimate of drug-likeness (QED) is 0.738. The first-order valence-corrected chi connectivity index (χ1v) is 4.42. The van der Waals surface area contributed by atoms with Gasteiger partial charge in [0, 0.05) is 6.54 Å². The van der Waals surface area contributed by atoms with Gasteiger partial charge in [0.25, 0.3) is 0 Å². The van der Waals surface area contributed by atoms with Crippen molar-refractivity contribution in [3.63, 3.8) is 0 Å². The molecule has 0 radical (unpaired) electrons. The molecule has 0 aromatic carbocycles. The molecule has 0 spiro atoms. The van der Waals surface area contributed by atoms with Crippen LogP contribution in [0.15, 0.2) is 6.33 Å². The molecule has 0 saturated heterocycles. The summed E-state index contributed by atoms with van der Waals surface area (Å²) in [5.74, 6) is 1.32. The zero-order chi connectivity index (χ0) is 9.84. The predicted molar refractivity (Wildman–Crippen MR) is 54.5 cm³/mol. The Hall–Kier alpha value is -1.32. The molecule has 13 heavy (non-hydrogen) atoms. The summed E-state index contributed by atoms with van der Waals surface area (Å²) in [7, 11) is 0. The van der Waals surface area contributed by atoms with Gasteiger partial charge < -0.3 is 11.1 Å². The molecule has 1 heterocycles. The third kappa shape index (κ3) is 2.57. The Labute approximate surface area is 78.6 Å². The van der Waals surface area contributed by atoms with Crippen molar-refractivity contribution in [3.05, 3.63) is 12.0 Å². The fourth-order valence-electron chi connectivity index (χ4n) is 0.925. The highest BCUT2D eigenvalue weighted by Crippen LogP contribution is 2.16. The van der Waals surface area contributed by atoms with E-state index in [1.807, 2.05) is 6.92 Å². The number of aromatic nitrogens is 2. The van der Waals surface area contributed by atoms with Crippen molar-refractivity contribution in [2.75, 3.05) is 17.6 Å². The van der Waals surface area contributed by atoms with Crippen molar-refractivity contribution in [1.82, 2.24) is 9.97 Å². The van der Waals surface area contributed by atoms with Crippen LogP contribution < -0.4 is 11.1 Å². The van der Waals surface area contributed by atoms with Crippen molar-refractivity contribution in [2.24, 2.45) is 5.92 Å². The van der Waals surface area contributed by atoms with Crippen LogP contribution in [-0.4, -0.2) is 16.5 Å². The van der Waals surface area contributed by atoms with Gasteiger partial charge in [0.05, 0.1) is 11.4 Å². The molecule has 0 aliphatic rings. The molecule has 1 rings (SSSR count). The molecule has 1 aromatic rings. The lowest BCUT2D eigenvalue weighted by Crippen LogP contribution is -2.11. The van der Waals surface area contributed by atoms with E-state index in [1.54, 1.807) is 0 Å². The molecule has 4 heteroatoms. The fourth-order valence-corrected chi connectivity index (χ4v) is 0.925. The summed E-state index contributed by atoms with van der Waals surface area (Å²) >= 11 is 0. The minimum atomic E-state index is 0.578. The summed E-state index contributed by atoms with van der Waals surface area (Å²) in [5.41, 5.74) is 7.24. The van der Waals surface area contributed by atoms with Crippen LogP contribution >= 0.6 is 0 Å². The highest BCUT2D eigenvalue weighted by atomic mass is 15.0. The van der Waals surface area contributed by atoms with Gasteiger partial charge in [0.15, 0.2) is 5.82 Å². The van der Waals surface area contributed by atoms with E-state index in [1.165, 1.54) is 6.33 Å². The van der Waals surface area contributed by atoms with Gasteiger partial charge in [0.1, 0.15) is 6.33 Å². The summed E-state index contributed by atoms with van der Waals surface area (Å²) < 4.78 is 0. The smallest absolute Gasteiger partial charge is 0.152 e. The summed E-state index contributed by atoms with van der Waals surface area (Å²) in [6.07, 6.45) is 1.52. The second-order valence-corrected chi connectivity index (χ2v) is 3.50. The minimum absolute atomic E-state index is 0.578. The molecule has 0 unspecified atom stereocenters. The molecule has 0 bridgehead atoms. The lowest BCUT2D eigenvalue weighted by atomic mass is 10.2. The van der Waals surface area contributed by atoms with Crippen LogP contribution in [0, 0.1) is 12.8 Å². The molecule has 4 nitrogen and oxygen atoms in total. The molecule has 0 aliphatic heterocycles. The van der Waals surface area contributed by atoms with Gasteiger partial charge in [-0.15, -0.1) is 0 Å². The number of nitrogens with two attached hydrogens (primary N) is 1. The molecule has 3 N–H and O–H groups in total. The van der Waals surface area contributed by atoms with Crippen LogP contribution in [0.1, 0.15) is 19.5 Å². The molecule has 1 aromatic heterocycles. The third-order valence-electron chi connectivity index (χ3n) is 1.76. The van der Waals surface area contributed by atoms with Gasteiger partial charge >= 0.3 is 0 Å². The Bertz CT molecular complexity index is 283. The minimum Gasteiger partial charge on any atom is -0.394 e. The Morgan fingerprint density at radius 2 is 2.15 bits per heavy atom. The second kappa shape index (κ2) is 4.07. The van der Waals surface area contributed by atoms with Gasteiger partial charge in [-0.3, -0.25) is 0 Å². The van der Waals surface area contributed by atoms with Crippen LogP contribution in [-0.2, 0) is 0 Å². The molecule has 0 amide bonds. The molecule has 0 saturated carbocycles. The lowest BCUT2D eigenvalue weighted by molar-refractivity contribution is 0.687. The zero-order valence-corrected chi connectivity index (χ0v) is 8.33. The van der Waals surface area contributed by atoms with Crippen molar-refractivity contribution < 1.29 is 0 Å². The van der Waals surface area contributed by atoms with Gasteiger partial charge in [-0.05, 0) is 12.8 Å². The summed E-state index contributed by atoms with van der Waals surface area (Å²) in [6, 6.07) is 0. The predicted octanol–water partition coefficient (Wildman–Crippen LogP) is 1.44. The maximum Gasteiger partial charge on any atom is 0.152 e. The van der Waals surface area contributed by atoms with E-state index in [0.717, 1.165) is 18.1 Å². The largest absolute Gasteiger partial charge is 0.394 e. The number of nitrogens with one attached hydrogen (secondary N) is 1. The van der Waals surface area contributed by atoms with Gasteiger partial charge in [-0.25, -0.2) is 9.97 Å². The Kier molecular flexibility index (Phi) is 3.06. The van der Waals surface area contributed by atoms with E-state index >= 15 is 0 Å². The van der Waals surface area contributed by atoms with Crippen LogP contribution in [0.5, 0.6) is 0 Å². The van der Waals surface area contributed by atoms with E-state index < -0.39 is 0 Å². The Morgan fingerprint density at radius 1 is 1.46 bits per heavy atom. The van der Waals surface area contributed by atoms with Crippen molar-refractivity contribution in [1.29, 1.82) is 0 Å². The van der Waals surface area contributed by atoms with Gasteiger partial charge in [0.2, 0.25) is 0 Å². The van der Waals surface area contributed by atoms with Gasteiger partial charge in [-0.1, -0.05) is 13.8 Å². The van der Waals surface area contributed by atoms with Crippen LogP contribution in [0.4, 0.5) is 11.5 Å². The number of nitrogens with zero attached hydrogens (tertiary/aromatic N) is 2. The van der Waals surface area contributed by atoms with E-state index in [-0.39, 0.29) is 0 Å². The topological polar surface area (TPSA) is 63.8 Å². The maximum absolute atomic E-state index is 5.78. The summed E-state index contributed by atoms with van der Waals surface area (Å²) in [4.78, 5) is 8.05. The number of nitrogen functional groups attached to an aromatic ring is 1. The molecule has 0 aliphatic carbocycles. The number of rotatable bonds is 3. The second-order valence-electron chi connectivity index (χ2n) is 3.50. The average molecular weight is 180 g/mol. The summed E-state index contributed by atoms with van der Waals surface area (Å²) in [5, 5.41) is 3.18. The molecule has 72 valence electrons. The number of aryl methyl sites for hydroxylation is 1. The Balaban J connectivity index is 2.71. The number of hydrogen-bond acceptors (Lipinski definition) is 4. The zero-order valence-electron chi connectivity index (χ0n) is 8.33. The average Bonchev–Trinajstić information content (AvgIpc) is 2.07. The first-order valence-electron chi connectivity index (χ1n) is 4.42. The third-order valence-corrected chi connectivity index (χ3v) is 1.76. The van der Waals surface area contributed by atoms with Crippen molar-refractivity contribution in [3.8, 4) is 0 Å². The number of anilines is 2. The first kappa shape index (κ1) is 9.77. The van der Waals surface area contributed by atoms with E-state index in [4.69, 9.17) is 5.73 Å². The lowest BCUT2D eigenvalue weighted by Gasteiger charge is -2.10. The molecule has 0 atom stereocenters. The van der Waals surface area contributed by atoms with Gasteiger partial charge in [-0.2, -0.15) is 0 Å². The van der Waals surface area contributed by atoms with Crippen LogP contribution in [0.3, 0.4) is 0 Å². The van der Waals surface area contributed by atoms with Crippen LogP contribution in [0.25, 0.3) is 0 Å². The first-order chi connectivity index (χ1) is 6.11. The van der Waals surface area contributed by atoms with Crippen molar-refractivity contribution >= 4 is 11.5 Å². The SMILES string of the molecule is Cc1ncnc(NCC(C)C)c1N. The maximum atomic E-state index is 5.78. The highest BCUT2D eigenvalue weighted by Gasteiger charge is 2.03. The highest BCUT2D eigenvalue weighted by molar-refractivity contribution is 5.62. The molecule has 0 fully saturated rings. The summed E-state index contributed by atoms with van der Waals surface area (Å²) in [6.45, 7) is 7.02. The standard InChI is InChI=1S/C9H16N4/c1-6(2)4-11-9-8(10)7(3)12-5-13-9/h5-6H,4,10H2,1-3H3,(H,11,12,13). The van der Waals surface area contributed by atoms with E-state index in [0.29, 0.717) is 11.6 Å². The monoisotopic (exact) mass is 180 g/mol. The van der Waals surface area contributed by atoms with Crippen LogP contribution in [0.2, 0.25) is 0 Å². The van der Waals surface area contributed by atoms with Crippen molar-refractivity contribution in [2.45, 2.75) is 20.8 Å². The normalized spacial score (nSPS) is 10.5.